The SMILES string of the molecule is CCC(=Cc1oc2cc(C#N)c(C)cc2[n+]1CCCCS(=O)(=O)O)C=C1Oc2ccc(-c3ccccc3)cc2N1CCS(=O)(=O)O. The minimum Gasteiger partial charge on any atom is -0.439 e. The second kappa shape index (κ2) is 13.5. The molecule has 0 radical (unpaired) electrons. The highest BCUT2D eigenvalue weighted by Gasteiger charge is 2.29. The van der Waals surface area contributed by atoms with Crippen LogP contribution in [0.3, 0.4) is 0 Å². The molecule has 0 amide bonds. The predicted molar refractivity (Wildman–Crippen MR) is 174 cm³/mol. The van der Waals surface area contributed by atoms with Crippen molar-refractivity contribution in [3.63, 3.8) is 0 Å². The van der Waals surface area contributed by atoms with Gasteiger partial charge in [0.05, 0.1) is 34.9 Å². The highest BCUT2D eigenvalue weighted by atomic mass is 32.2. The molecule has 1 aliphatic heterocycles. The number of oxazole rings is 1. The molecule has 0 bridgehead atoms. The minimum absolute atomic E-state index is 0.0540. The summed E-state index contributed by atoms with van der Waals surface area (Å²) in [5, 5.41) is 9.55. The number of anilines is 1. The summed E-state index contributed by atoms with van der Waals surface area (Å²) < 4.78 is 79.0. The van der Waals surface area contributed by atoms with Gasteiger partial charge in [0.1, 0.15) is 0 Å². The number of fused-ring (bicyclic) bond motifs is 2. The van der Waals surface area contributed by atoms with Crippen molar-refractivity contribution in [2.24, 2.45) is 0 Å². The Morgan fingerprint density at radius 3 is 2.39 bits per heavy atom. The summed E-state index contributed by atoms with van der Waals surface area (Å²) in [6, 6.07) is 21.1. The van der Waals surface area contributed by atoms with Gasteiger partial charge >= 0.3 is 5.89 Å². The molecule has 0 atom stereocenters. The second-order valence-corrected chi connectivity index (χ2v) is 14.1. The maximum Gasteiger partial charge on any atom is 0.374 e. The van der Waals surface area contributed by atoms with Crippen molar-refractivity contribution in [1.29, 1.82) is 5.26 Å². The first-order valence-corrected chi connectivity index (χ1v) is 17.9. The second-order valence-electron chi connectivity index (χ2n) is 11.0. The third-order valence-corrected chi connectivity index (χ3v) is 9.17. The number of unbranched alkanes of at least 4 members (excludes halogenated alkanes) is 1. The van der Waals surface area contributed by atoms with Crippen LogP contribution in [-0.4, -0.2) is 44.0 Å². The van der Waals surface area contributed by atoms with Crippen LogP contribution in [0.1, 0.15) is 43.2 Å². The Labute approximate surface area is 268 Å². The largest absolute Gasteiger partial charge is 0.439 e. The number of hydrogen-bond donors (Lipinski definition) is 2. The van der Waals surface area contributed by atoms with Crippen molar-refractivity contribution in [2.75, 3.05) is 23.0 Å². The van der Waals surface area contributed by atoms with E-state index in [1.165, 1.54) is 0 Å². The summed E-state index contributed by atoms with van der Waals surface area (Å²) in [5.41, 5.74) is 5.76. The van der Waals surface area contributed by atoms with E-state index in [1.54, 1.807) is 17.0 Å². The number of benzene rings is 3. The number of allylic oxidation sites excluding steroid dienone is 2. The monoisotopic (exact) mass is 664 g/mol. The summed E-state index contributed by atoms with van der Waals surface area (Å²) in [5.74, 6) is 0.490. The lowest BCUT2D eigenvalue weighted by Gasteiger charge is -2.18. The summed E-state index contributed by atoms with van der Waals surface area (Å²) in [4.78, 5) is 1.71. The molecule has 0 fully saturated rings. The zero-order chi connectivity index (χ0) is 33.1. The number of nitriles is 1. The van der Waals surface area contributed by atoms with Gasteiger partial charge in [-0.2, -0.15) is 26.7 Å². The molecule has 0 spiro atoms. The maximum absolute atomic E-state index is 11.7. The fourth-order valence-corrected chi connectivity index (χ4v) is 6.27. The molecule has 11 nitrogen and oxygen atoms in total. The fourth-order valence-electron chi connectivity index (χ4n) is 5.28. The van der Waals surface area contributed by atoms with Gasteiger partial charge < -0.3 is 14.1 Å². The minimum atomic E-state index is -4.27. The van der Waals surface area contributed by atoms with E-state index in [-0.39, 0.29) is 18.7 Å². The highest BCUT2D eigenvalue weighted by Crippen LogP contribution is 2.42. The average Bonchev–Trinajstić information content (AvgIpc) is 3.52. The first-order chi connectivity index (χ1) is 21.8. The Morgan fingerprint density at radius 2 is 1.72 bits per heavy atom. The van der Waals surface area contributed by atoms with Gasteiger partial charge in [-0.15, -0.1) is 0 Å². The van der Waals surface area contributed by atoms with Crippen molar-refractivity contribution < 1.29 is 39.7 Å². The lowest BCUT2D eigenvalue weighted by atomic mass is 10.0. The van der Waals surface area contributed by atoms with Crippen LogP contribution >= 0.6 is 0 Å². The topological polar surface area (TPSA) is 162 Å². The predicted octanol–water partition coefficient (Wildman–Crippen LogP) is 5.66. The normalized spacial score (nSPS) is 14.5. The van der Waals surface area contributed by atoms with Gasteiger partial charge in [-0.1, -0.05) is 43.3 Å². The van der Waals surface area contributed by atoms with Crippen LogP contribution in [0.2, 0.25) is 0 Å². The highest BCUT2D eigenvalue weighted by molar-refractivity contribution is 7.86. The molecular weight excluding hydrogens is 631 g/mol. The van der Waals surface area contributed by atoms with Crippen molar-refractivity contribution in [3.05, 3.63) is 95.2 Å². The molecule has 240 valence electrons. The molecule has 1 aromatic heterocycles. The molecule has 0 unspecified atom stereocenters. The zero-order valence-electron chi connectivity index (χ0n) is 25.4. The first kappa shape index (κ1) is 32.9. The first-order valence-electron chi connectivity index (χ1n) is 14.7. The molecule has 46 heavy (non-hydrogen) atoms. The molecule has 3 aromatic carbocycles. The number of hydrogen-bond acceptors (Lipinski definition) is 8. The Bertz CT molecular complexity index is 2100. The molecular formula is C33H34N3O8S2+. The van der Waals surface area contributed by atoms with Gasteiger partial charge in [0, 0.05) is 31.2 Å². The number of nitrogens with zero attached hydrogens (tertiary/aromatic N) is 3. The van der Waals surface area contributed by atoms with E-state index >= 15 is 0 Å². The number of rotatable bonds is 12. The molecule has 2 heterocycles. The summed E-state index contributed by atoms with van der Waals surface area (Å²) in [7, 11) is -8.36. The molecule has 13 heteroatoms. The van der Waals surface area contributed by atoms with Gasteiger partial charge in [0.25, 0.3) is 25.8 Å². The van der Waals surface area contributed by atoms with Gasteiger partial charge in [0.2, 0.25) is 11.5 Å². The van der Waals surface area contributed by atoms with E-state index in [4.69, 9.17) is 13.7 Å². The number of aryl methyl sites for hydroxylation is 2. The lowest BCUT2D eigenvalue weighted by molar-refractivity contribution is -0.678. The Morgan fingerprint density at radius 1 is 0.978 bits per heavy atom. The number of aromatic nitrogens is 1. The summed E-state index contributed by atoms with van der Waals surface area (Å²) in [6.45, 7) is 4.10. The van der Waals surface area contributed by atoms with E-state index in [0.717, 1.165) is 27.8 Å². The Hall–Kier alpha value is -4.48. The van der Waals surface area contributed by atoms with Gasteiger partial charge in [-0.25, -0.2) is 0 Å². The van der Waals surface area contributed by atoms with Crippen LogP contribution < -0.4 is 14.2 Å². The molecule has 1 aliphatic rings. The van der Waals surface area contributed by atoms with Gasteiger partial charge in [-0.3, -0.25) is 9.11 Å². The molecule has 4 aromatic rings. The lowest BCUT2D eigenvalue weighted by Crippen LogP contribution is -2.35. The van der Waals surface area contributed by atoms with Crippen molar-refractivity contribution >= 4 is 43.1 Å². The molecule has 0 saturated carbocycles. The Balaban J connectivity index is 1.54. The maximum atomic E-state index is 11.7. The van der Waals surface area contributed by atoms with E-state index in [9.17, 15) is 26.7 Å². The van der Waals surface area contributed by atoms with E-state index in [0.29, 0.717) is 53.7 Å². The number of ether oxygens (including phenoxy) is 1. The smallest absolute Gasteiger partial charge is 0.374 e. The van der Waals surface area contributed by atoms with Crippen LogP contribution in [0, 0.1) is 18.3 Å². The van der Waals surface area contributed by atoms with E-state index in [2.05, 4.69) is 6.07 Å². The standard InChI is InChI=1S/C33H33N3O8S2/c1-3-24(18-32-35(13-7-8-15-45(37,38)39)28-17-23(2)27(22-34)21-31(28)44-32)19-33-36(14-16-46(40,41)42)29-20-26(11-12-30(29)43-33)25-9-5-4-6-10-25/h4-6,9-12,17-21H,3,7-8,13-16H2,1-2H3,(H-,37,38,39,40,41,42)/p+1. The van der Waals surface area contributed by atoms with Crippen LogP contribution in [0.25, 0.3) is 28.3 Å². The molecule has 0 aliphatic carbocycles. The van der Waals surface area contributed by atoms with Crippen LogP contribution in [0.4, 0.5) is 5.69 Å². The third kappa shape index (κ3) is 7.83. The van der Waals surface area contributed by atoms with Crippen LogP contribution in [0.15, 0.2) is 82.6 Å². The van der Waals surface area contributed by atoms with Crippen molar-refractivity contribution in [3.8, 4) is 22.9 Å². The average molecular weight is 665 g/mol. The molecule has 2 N–H and O–H groups in total. The quantitative estimate of drug-likeness (QED) is 0.110. The zero-order valence-corrected chi connectivity index (χ0v) is 27.0. The third-order valence-electron chi connectivity index (χ3n) is 7.67. The van der Waals surface area contributed by atoms with Gasteiger partial charge in [-0.05, 0) is 54.2 Å². The van der Waals surface area contributed by atoms with E-state index < -0.39 is 26.0 Å². The van der Waals surface area contributed by atoms with Crippen LogP contribution in [-0.2, 0) is 26.8 Å². The fraction of sp³-hybridized carbons (Fsp3) is 0.273. The molecule has 0 saturated heterocycles. The van der Waals surface area contributed by atoms with Crippen LogP contribution in [0.5, 0.6) is 5.75 Å². The summed E-state index contributed by atoms with van der Waals surface area (Å²) >= 11 is 0. The summed E-state index contributed by atoms with van der Waals surface area (Å²) in [6.07, 6.45) is 4.81. The molecule has 5 rings (SSSR count). The van der Waals surface area contributed by atoms with Crippen molar-refractivity contribution in [2.45, 2.75) is 39.7 Å². The van der Waals surface area contributed by atoms with Gasteiger partial charge in [0.15, 0.2) is 12.3 Å². The van der Waals surface area contributed by atoms with Crippen molar-refractivity contribution in [1.82, 2.24) is 0 Å². The Kier molecular flexibility index (Phi) is 9.64. The van der Waals surface area contributed by atoms with E-state index in [1.807, 2.05) is 79.1 Å².